The lowest BCUT2D eigenvalue weighted by Gasteiger charge is -2.57. The van der Waals surface area contributed by atoms with Crippen LogP contribution in [-0.2, 0) is 0 Å². The van der Waals surface area contributed by atoms with Crippen LogP contribution in [0, 0.1) is 34.4 Å². The van der Waals surface area contributed by atoms with Crippen molar-refractivity contribution in [1.82, 2.24) is 4.98 Å². The summed E-state index contributed by atoms with van der Waals surface area (Å²) in [7, 11) is 0. The molecule has 1 unspecified atom stereocenters. The van der Waals surface area contributed by atoms with Gasteiger partial charge in [-0.05, 0) is 90.7 Å². The smallest absolute Gasteiger partial charge is 0.142 e. The van der Waals surface area contributed by atoms with E-state index in [-0.39, 0.29) is 22.8 Å². The van der Waals surface area contributed by atoms with Crippen molar-refractivity contribution in [3.05, 3.63) is 47.6 Å². The van der Waals surface area contributed by atoms with Gasteiger partial charge in [0.25, 0.3) is 0 Å². The SMILES string of the molecule is C[C@]12CC[C@H](O)CC1=CC[C@@H]1C2CC[C@]2(C)C(c3cncc(F)c3)=CC[C@@H]12. The van der Waals surface area contributed by atoms with Crippen molar-refractivity contribution in [3.8, 4) is 0 Å². The van der Waals surface area contributed by atoms with Crippen LogP contribution in [0.2, 0.25) is 0 Å². The van der Waals surface area contributed by atoms with Crippen molar-refractivity contribution < 1.29 is 9.50 Å². The third-order valence-electron chi connectivity index (χ3n) is 8.67. The molecule has 27 heavy (non-hydrogen) atoms. The quantitative estimate of drug-likeness (QED) is 0.661. The number of fused-ring (bicyclic) bond motifs is 5. The van der Waals surface area contributed by atoms with Gasteiger partial charge in [-0.15, -0.1) is 0 Å². The molecule has 0 spiro atoms. The number of aliphatic hydroxyl groups is 1. The monoisotopic (exact) mass is 367 g/mol. The molecule has 3 heteroatoms. The van der Waals surface area contributed by atoms with Gasteiger partial charge in [-0.3, -0.25) is 4.98 Å². The van der Waals surface area contributed by atoms with E-state index < -0.39 is 0 Å². The molecule has 0 radical (unpaired) electrons. The Hall–Kier alpha value is -1.48. The highest BCUT2D eigenvalue weighted by molar-refractivity contribution is 5.72. The van der Waals surface area contributed by atoms with Crippen LogP contribution in [0.15, 0.2) is 36.2 Å². The van der Waals surface area contributed by atoms with E-state index in [9.17, 15) is 9.50 Å². The van der Waals surface area contributed by atoms with Crippen LogP contribution >= 0.6 is 0 Å². The molecular weight excluding hydrogens is 337 g/mol. The molecule has 0 amide bonds. The highest BCUT2D eigenvalue weighted by atomic mass is 19.1. The molecule has 1 aromatic heterocycles. The maximum absolute atomic E-state index is 13.8. The van der Waals surface area contributed by atoms with Crippen LogP contribution in [0.4, 0.5) is 4.39 Å². The van der Waals surface area contributed by atoms with Crippen molar-refractivity contribution in [2.75, 3.05) is 0 Å². The molecule has 2 saturated carbocycles. The Kier molecular flexibility index (Phi) is 3.92. The van der Waals surface area contributed by atoms with E-state index in [1.807, 2.05) is 6.20 Å². The number of allylic oxidation sites excluding steroid dienone is 3. The fraction of sp³-hybridized carbons (Fsp3) is 0.625. The molecule has 5 rings (SSSR count). The van der Waals surface area contributed by atoms with Crippen LogP contribution in [0.3, 0.4) is 0 Å². The summed E-state index contributed by atoms with van der Waals surface area (Å²) in [6.45, 7) is 4.87. The molecule has 0 aliphatic heterocycles. The lowest BCUT2D eigenvalue weighted by molar-refractivity contribution is -0.0238. The summed E-state index contributed by atoms with van der Waals surface area (Å²) < 4.78 is 13.8. The molecule has 4 aliphatic rings. The van der Waals surface area contributed by atoms with Gasteiger partial charge in [0.05, 0.1) is 12.3 Å². The summed E-state index contributed by atoms with van der Waals surface area (Å²) in [4.78, 5) is 4.10. The minimum atomic E-state index is -0.243. The van der Waals surface area contributed by atoms with Crippen molar-refractivity contribution in [2.24, 2.45) is 28.6 Å². The van der Waals surface area contributed by atoms with Gasteiger partial charge in [-0.1, -0.05) is 31.6 Å². The van der Waals surface area contributed by atoms with E-state index in [0.29, 0.717) is 11.8 Å². The first kappa shape index (κ1) is 17.6. The van der Waals surface area contributed by atoms with Crippen molar-refractivity contribution in [1.29, 1.82) is 0 Å². The first-order chi connectivity index (χ1) is 12.9. The van der Waals surface area contributed by atoms with Crippen molar-refractivity contribution >= 4 is 5.57 Å². The minimum absolute atomic E-state index is 0.131. The molecule has 0 saturated heterocycles. The molecule has 1 heterocycles. The molecule has 6 atom stereocenters. The normalized spacial score (nSPS) is 43.3. The number of hydrogen-bond donors (Lipinski definition) is 1. The summed E-state index contributed by atoms with van der Waals surface area (Å²) in [5.74, 6) is 1.81. The number of aromatic nitrogens is 1. The lowest BCUT2D eigenvalue weighted by atomic mass is 9.47. The number of rotatable bonds is 1. The number of hydrogen-bond acceptors (Lipinski definition) is 2. The predicted molar refractivity (Wildman–Crippen MR) is 105 cm³/mol. The molecule has 1 N–H and O–H groups in total. The third kappa shape index (κ3) is 2.50. The van der Waals surface area contributed by atoms with Gasteiger partial charge in [0, 0.05) is 6.20 Å². The van der Waals surface area contributed by atoms with Crippen LogP contribution in [-0.4, -0.2) is 16.2 Å². The number of halogens is 1. The first-order valence-electron chi connectivity index (χ1n) is 10.6. The third-order valence-corrected chi connectivity index (χ3v) is 8.67. The van der Waals surface area contributed by atoms with E-state index in [2.05, 4.69) is 31.0 Å². The van der Waals surface area contributed by atoms with Gasteiger partial charge in [0.2, 0.25) is 0 Å². The fourth-order valence-corrected chi connectivity index (χ4v) is 7.22. The Morgan fingerprint density at radius 2 is 1.85 bits per heavy atom. The standard InChI is InChI=1S/C24H30FNO/c1-23-9-7-18(27)12-16(23)3-4-19-21-6-5-20(15-11-17(25)14-26-13-15)24(21,2)10-8-22(19)23/h3,5,11,13-14,18-19,21-22,27H,4,6-10,12H2,1-2H3/t18-,19-,21-,22?,23-,24+/m0/s1. The maximum atomic E-state index is 13.8. The van der Waals surface area contributed by atoms with Crippen molar-refractivity contribution in [2.45, 2.75) is 64.9 Å². The van der Waals surface area contributed by atoms with E-state index in [1.54, 1.807) is 6.07 Å². The molecule has 1 aromatic rings. The summed E-state index contributed by atoms with van der Waals surface area (Å²) in [6, 6.07) is 1.65. The largest absolute Gasteiger partial charge is 0.393 e. The molecule has 0 aromatic carbocycles. The minimum Gasteiger partial charge on any atom is -0.393 e. The topological polar surface area (TPSA) is 33.1 Å². The number of pyridine rings is 1. The van der Waals surface area contributed by atoms with Crippen molar-refractivity contribution in [3.63, 3.8) is 0 Å². The van der Waals surface area contributed by atoms with Crippen LogP contribution in [0.5, 0.6) is 0 Å². The zero-order chi connectivity index (χ0) is 18.8. The Morgan fingerprint density at radius 1 is 1.04 bits per heavy atom. The van der Waals surface area contributed by atoms with Crippen LogP contribution in [0.25, 0.3) is 5.57 Å². The second kappa shape index (κ2) is 6.01. The van der Waals surface area contributed by atoms with E-state index in [1.165, 1.54) is 30.2 Å². The second-order valence-corrected chi connectivity index (χ2v) is 9.86. The number of aliphatic hydroxyl groups excluding tert-OH is 1. The zero-order valence-electron chi connectivity index (χ0n) is 16.4. The predicted octanol–water partition coefficient (Wildman–Crippen LogP) is 5.54. The summed E-state index contributed by atoms with van der Waals surface area (Å²) in [6.07, 6.45) is 15.4. The average molecular weight is 368 g/mol. The molecule has 4 aliphatic carbocycles. The highest BCUT2D eigenvalue weighted by Crippen LogP contribution is 2.66. The first-order valence-corrected chi connectivity index (χ1v) is 10.6. The zero-order valence-corrected chi connectivity index (χ0v) is 16.4. The van der Waals surface area contributed by atoms with E-state index in [0.717, 1.165) is 43.6 Å². The molecule has 144 valence electrons. The summed E-state index contributed by atoms with van der Waals surface area (Å²) >= 11 is 0. The Labute approximate surface area is 161 Å². The maximum Gasteiger partial charge on any atom is 0.142 e. The van der Waals surface area contributed by atoms with Crippen LogP contribution in [0.1, 0.15) is 64.4 Å². The van der Waals surface area contributed by atoms with Gasteiger partial charge < -0.3 is 5.11 Å². The highest BCUT2D eigenvalue weighted by Gasteiger charge is 2.56. The van der Waals surface area contributed by atoms with Crippen LogP contribution < -0.4 is 0 Å². The van der Waals surface area contributed by atoms with Gasteiger partial charge in [-0.2, -0.15) is 0 Å². The average Bonchev–Trinajstić information content (AvgIpc) is 2.99. The van der Waals surface area contributed by atoms with Gasteiger partial charge in [0.15, 0.2) is 0 Å². The Morgan fingerprint density at radius 3 is 2.67 bits per heavy atom. The summed E-state index contributed by atoms with van der Waals surface area (Å²) in [5.41, 5.74) is 4.21. The molecule has 0 bridgehead atoms. The fourth-order valence-electron chi connectivity index (χ4n) is 7.22. The Bertz CT molecular complexity index is 829. The van der Waals surface area contributed by atoms with E-state index in [4.69, 9.17) is 0 Å². The molecule has 2 nitrogen and oxygen atoms in total. The molecule has 2 fully saturated rings. The number of nitrogens with zero attached hydrogens (tertiary/aromatic N) is 1. The van der Waals surface area contributed by atoms with Gasteiger partial charge >= 0.3 is 0 Å². The second-order valence-electron chi connectivity index (χ2n) is 9.86. The lowest BCUT2D eigenvalue weighted by Crippen LogP contribution is -2.49. The summed E-state index contributed by atoms with van der Waals surface area (Å²) in [5, 5.41) is 10.1. The van der Waals surface area contributed by atoms with Gasteiger partial charge in [-0.25, -0.2) is 4.39 Å². The molecular formula is C24H30FNO. The van der Waals surface area contributed by atoms with E-state index >= 15 is 0 Å². The van der Waals surface area contributed by atoms with Gasteiger partial charge in [0.1, 0.15) is 5.82 Å². The Balaban J connectivity index is 1.48.